The van der Waals surface area contributed by atoms with E-state index in [1.165, 1.54) is 0 Å². The summed E-state index contributed by atoms with van der Waals surface area (Å²) >= 11 is 0. The molecule has 0 aliphatic heterocycles. The summed E-state index contributed by atoms with van der Waals surface area (Å²) in [5.41, 5.74) is 2.00. The summed E-state index contributed by atoms with van der Waals surface area (Å²) in [6.45, 7) is 1.22. The average molecular weight is 386 g/mol. The van der Waals surface area contributed by atoms with Gasteiger partial charge in [0.05, 0.1) is 0 Å². The van der Waals surface area contributed by atoms with E-state index >= 15 is 0 Å². The van der Waals surface area contributed by atoms with Gasteiger partial charge in [-0.1, -0.05) is 71.9 Å². The molecule has 4 rings (SSSR count). The van der Waals surface area contributed by atoms with E-state index in [4.69, 9.17) is 9.26 Å². The maximum Gasteiger partial charge on any atom is 0.344 e. The van der Waals surface area contributed by atoms with Crippen LogP contribution in [0.4, 0.5) is 5.69 Å². The van der Waals surface area contributed by atoms with Crippen molar-refractivity contribution in [1.82, 2.24) is 5.16 Å². The van der Waals surface area contributed by atoms with Crippen LogP contribution in [0, 0.1) is 6.92 Å². The van der Waals surface area contributed by atoms with E-state index in [0.717, 1.165) is 16.3 Å². The highest BCUT2D eigenvalue weighted by Crippen LogP contribution is 2.26. The van der Waals surface area contributed by atoms with Gasteiger partial charge in [-0.25, -0.2) is 4.79 Å². The highest BCUT2D eigenvalue weighted by molar-refractivity contribution is 6.04. The maximum absolute atomic E-state index is 12.6. The fourth-order valence-corrected chi connectivity index (χ4v) is 3.13. The van der Waals surface area contributed by atoms with Gasteiger partial charge in [-0.3, -0.25) is 4.79 Å². The number of amides is 1. The highest BCUT2D eigenvalue weighted by Gasteiger charge is 2.23. The van der Waals surface area contributed by atoms with E-state index < -0.39 is 18.5 Å². The topological polar surface area (TPSA) is 81.4 Å². The van der Waals surface area contributed by atoms with Crippen molar-refractivity contribution in [3.63, 3.8) is 0 Å². The summed E-state index contributed by atoms with van der Waals surface area (Å²) in [5.74, 6) is -0.746. The fourth-order valence-electron chi connectivity index (χ4n) is 3.13. The number of nitrogens with zero attached hydrogens (tertiary/aromatic N) is 1. The molecule has 1 amide bonds. The molecule has 6 heteroatoms. The normalized spacial score (nSPS) is 10.7. The zero-order valence-corrected chi connectivity index (χ0v) is 15.7. The molecule has 0 spiro atoms. The van der Waals surface area contributed by atoms with Gasteiger partial charge < -0.3 is 14.6 Å². The first-order valence-corrected chi connectivity index (χ1v) is 9.10. The standard InChI is InChI=1S/C23H18N2O4/c1-15-21(22(25-29-15)17-9-3-2-4-10-17)23(27)28-14-20(26)24-19-13-7-11-16-8-5-6-12-18(16)19/h2-13H,14H2,1H3,(H,24,26). The van der Waals surface area contributed by atoms with Crippen LogP contribution in [0.5, 0.6) is 0 Å². The predicted molar refractivity (Wildman–Crippen MR) is 110 cm³/mol. The zero-order valence-electron chi connectivity index (χ0n) is 15.7. The van der Waals surface area contributed by atoms with Crippen molar-refractivity contribution in [3.8, 4) is 11.3 Å². The molecule has 0 aliphatic carbocycles. The molecule has 1 heterocycles. The van der Waals surface area contributed by atoms with Crippen LogP contribution in [-0.2, 0) is 9.53 Å². The lowest BCUT2D eigenvalue weighted by atomic mass is 10.1. The van der Waals surface area contributed by atoms with Crippen molar-refractivity contribution in [2.75, 3.05) is 11.9 Å². The van der Waals surface area contributed by atoms with Crippen LogP contribution >= 0.6 is 0 Å². The van der Waals surface area contributed by atoms with E-state index in [-0.39, 0.29) is 5.56 Å². The first-order valence-electron chi connectivity index (χ1n) is 9.10. The molecule has 29 heavy (non-hydrogen) atoms. The Bertz CT molecular complexity index is 1180. The van der Waals surface area contributed by atoms with E-state index in [1.54, 1.807) is 13.0 Å². The predicted octanol–water partition coefficient (Wildman–Crippen LogP) is 4.60. The van der Waals surface area contributed by atoms with Crippen LogP contribution in [0.2, 0.25) is 0 Å². The maximum atomic E-state index is 12.6. The third kappa shape index (κ3) is 3.87. The number of hydrogen-bond acceptors (Lipinski definition) is 5. The van der Waals surface area contributed by atoms with Crippen molar-refractivity contribution in [1.29, 1.82) is 0 Å². The Balaban J connectivity index is 1.46. The third-order valence-electron chi connectivity index (χ3n) is 4.51. The first kappa shape index (κ1) is 18.4. The molecule has 0 unspecified atom stereocenters. The number of fused-ring (bicyclic) bond motifs is 1. The number of carbonyl (C=O) groups is 2. The summed E-state index contributed by atoms with van der Waals surface area (Å²) < 4.78 is 10.4. The quantitative estimate of drug-likeness (QED) is 0.507. The molecule has 4 aromatic rings. The molecule has 0 bridgehead atoms. The summed E-state index contributed by atoms with van der Waals surface area (Å²) in [5, 5.41) is 8.67. The van der Waals surface area contributed by atoms with Crippen molar-refractivity contribution in [2.24, 2.45) is 0 Å². The number of benzene rings is 3. The zero-order chi connectivity index (χ0) is 20.2. The van der Waals surface area contributed by atoms with Crippen molar-refractivity contribution in [3.05, 3.63) is 84.1 Å². The van der Waals surface area contributed by atoms with E-state index in [0.29, 0.717) is 17.1 Å². The minimum atomic E-state index is -0.657. The Morgan fingerprint density at radius 2 is 1.69 bits per heavy atom. The summed E-state index contributed by atoms with van der Waals surface area (Å²) in [6.07, 6.45) is 0. The van der Waals surface area contributed by atoms with Gasteiger partial charge in [-0.2, -0.15) is 0 Å². The van der Waals surface area contributed by atoms with Crippen molar-refractivity contribution < 1.29 is 18.8 Å². The molecular weight excluding hydrogens is 368 g/mol. The molecule has 0 saturated carbocycles. The second kappa shape index (κ2) is 7.98. The Kier molecular flexibility index (Phi) is 5.07. The highest BCUT2D eigenvalue weighted by atomic mass is 16.5. The third-order valence-corrected chi connectivity index (χ3v) is 4.51. The van der Waals surface area contributed by atoms with Crippen molar-refractivity contribution in [2.45, 2.75) is 6.92 Å². The summed E-state index contributed by atoms with van der Waals surface area (Å²) in [4.78, 5) is 24.9. The van der Waals surface area contributed by atoms with E-state index in [9.17, 15) is 9.59 Å². The van der Waals surface area contributed by atoms with Gasteiger partial charge in [-0.05, 0) is 18.4 Å². The van der Waals surface area contributed by atoms with Crippen LogP contribution in [0.3, 0.4) is 0 Å². The first-order chi connectivity index (χ1) is 14.1. The molecule has 0 aliphatic rings. The van der Waals surface area contributed by atoms with Gasteiger partial charge >= 0.3 is 5.97 Å². The number of aromatic nitrogens is 1. The van der Waals surface area contributed by atoms with Crippen LogP contribution in [0.1, 0.15) is 16.1 Å². The number of nitrogens with one attached hydrogen (secondary N) is 1. The Morgan fingerprint density at radius 1 is 0.966 bits per heavy atom. The molecule has 0 atom stereocenters. The number of anilines is 1. The van der Waals surface area contributed by atoms with Gasteiger partial charge in [0.25, 0.3) is 5.91 Å². The molecule has 0 fully saturated rings. The number of rotatable bonds is 5. The molecule has 1 aromatic heterocycles. The number of hydrogen-bond donors (Lipinski definition) is 1. The van der Waals surface area contributed by atoms with E-state index in [1.807, 2.05) is 66.7 Å². The fraction of sp³-hybridized carbons (Fsp3) is 0.0870. The smallest absolute Gasteiger partial charge is 0.344 e. The number of ether oxygens (including phenoxy) is 1. The summed E-state index contributed by atoms with van der Waals surface area (Å²) in [6, 6.07) is 22.5. The van der Waals surface area contributed by atoms with Crippen molar-refractivity contribution >= 4 is 28.3 Å². The second-order valence-corrected chi connectivity index (χ2v) is 6.48. The van der Waals surface area contributed by atoms with Crippen LogP contribution in [0.25, 0.3) is 22.0 Å². The van der Waals surface area contributed by atoms with Crippen LogP contribution < -0.4 is 5.32 Å². The monoisotopic (exact) mass is 386 g/mol. The number of carbonyl (C=O) groups excluding carboxylic acids is 2. The van der Waals surface area contributed by atoms with Crippen LogP contribution in [0.15, 0.2) is 77.3 Å². The number of esters is 1. The lowest BCUT2D eigenvalue weighted by molar-refractivity contribution is -0.119. The van der Waals surface area contributed by atoms with Gasteiger partial charge in [0.1, 0.15) is 17.0 Å². The molecule has 1 N–H and O–H groups in total. The minimum Gasteiger partial charge on any atom is -0.452 e. The number of aryl methyl sites for hydroxylation is 1. The summed E-state index contributed by atoms with van der Waals surface area (Å²) in [7, 11) is 0. The second-order valence-electron chi connectivity index (χ2n) is 6.48. The Hall–Kier alpha value is -3.93. The largest absolute Gasteiger partial charge is 0.452 e. The molecule has 144 valence electrons. The Morgan fingerprint density at radius 3 is 2.52 bits per heavy atom. The van der Waals surface area contributed by atoms with Gasteiger partial charge in [0.15, 0.2) is 6.61 Å². The SMILES string of the molecule is Cc1onc(-c2ccccc2)c1C(=O)OCC(=O)Nc1cccc2ccccc12. The van der Waals surface area contributed by atoms with Crippen LogP contribution in [-0.4, -0.2) is 23.6 Å². The minimum absolute atomic E-state index is 0.217. The van der Waals surface area contributed by atoms with E-state index in [2.05, 4.69) is 10.5 Å². The molecule has 6 nitrogen and oxygen atoms in total. The lowest BCUT2D eigenvalue weighted by Gasteiger charge is -2.09. The molecular formula is C23H18N2O4. The molecule has 3 aromatic carbocycles. The average Bonchev–Trinajstić information content (AvgIpc) is 3.14. The Labute approximate surface area is 167 Å². The van der Waals surface area contributed by atoms with Gasteiger partial charge in [0.2, 0.25) is 0 Å². The molecule has 0 radical (unpaired) electrons. The molecule has 0 saturated heterocycles. The van der Waals surface area contributed by atoms with Gasteiger partial charge in [0, 0.05) is 16.6 Å². The lowest BCUT2D eigenvalue weighted by Crippen LogP contribution is -2.21. The van der Waals surface area contributed by atoms with Gasteiger partial charge in [-0.15, -0.1) is 0 Å².